The lowest BCUT2D eigenvalue weighted by Crippen LogP contribution is -2.41. The van der Waals surface area contributed by atoms with Gasteiger partial charge in [-0.1, -0.05) is 12.1 Å². The van der Waals surface area contributed by atoms with Gasteiger partial charge in [-0.15, -0.1) is 5.10 Å². The van der Waals surface area contributed by atoms with Gasteiger partial charge in [0.2, 0.25) is 0 Å². The molecule has 0 aliphatic carbocycles. The molecule has 0 atom stereocenters. The Bertz CT molecular complexity index is 1470. The van der Waals surface area contributed by atoms with Crippen molar-refractivity contribution in [2.75, 3.05) is 38.2 Å². The highest BCUT2D eigenvalue weighted by Gasteiger charge is 2.27. The smallest absolute Gasteiger partial charge is 0.274 e. The van der Waals surface area contributed by atoms with E-state index in [1.807, 2.05) is 0 Å². The van der Waals surface area contributed by atoms with Crippen molar-refractivity contribution in [2.24, 2.45) is 7.05 Å². The Morgan fingerprint density at radius 2 is 2.06 bits per heavy atom. The molecule has 4 aromatic rings. The number of ether oxygens (including phenoxy) is 2. The standard InChI is InChI=1S/C24H25N7O4/c1-3-35-18-6-4-5-16(13-18)22-27-20-14-17(7-8-31(20)28-22)26-23(32)21-19(15-25-29(21)2)24(33)30-9-11-34-12-10-30/h4-8,13-15H,3,9-12H2,1-2H3,(H,26,32)/i3T2. The summed E-state index contributed by atoms with van der Waals surface area (Å²) in [5, 5.41) is 11.4. The maximum Gasteiger partial charge on any atom is 0.274 e. The lowest BCUT2D eigenvalue weighted by molar-refractivity contribution is 0.0302. The van der Waals surface area contributed by atoms with Crippen LogP contribution < -0.4 is 10.1 Å². The number of amides is 2. The Morgan fingerprint density at radius 1 is 1.23 bits per heavy atom. The van der Waals surface area contributed by atoms with Crippen LogP contribution >= 0.6 is 0 Å². The van der Waals surface area contributed by atoms with Gasteiger partial charge in [-0.05, 0) is 25.1 Å². The molecule has 1 aromatic carbocycles. The minimum absolute atomic E-state index is 0.158. The van der Waals surface area contributed by atoms with E-state index in [-0.39, 0.29) is 17.2 Å². The molecule has 11 nitrogen and oxygen atoms in total. The molecule has 0 radical (unpaired) electrons. The second-order valence-electron chi connectivity index (χ2n) is 7.88. The van der Waals surface area contributed by atoms with Crippen LogP contribution in [0, 0.1) is 0 Å². The van der Waals surface area contributed by atoms with Crippen LogP contribution in [0.2, 0.25) is 0 Å². The molecule has 35 heavy (non-hydrogen) atoms. The lowest BCUT2D eigenvalue weighted by atomic mass is 10.2. The van der Waals surface area contributed by atoms with E-state index in [9.17, 15) is 9.59 Å². The summed E-state index contributed by atoms with van der Waals surface area (Å²) in [6.07, 6.45) is 3.07. The molecule has 1 fully saturated rings. The highest BCUT2D eigenvalue weighted by Crippen LogP contribution is 2.23. The Kier molecular flexibility index (Phi) is 5.50. The summed E-state index contributed by atoms with van der Waals surface area (Å²) in [5.74, 6) is 0.0341. The maximum absolute atomic E-state index is 13.2. The van der Waals surface area contributed by atoms with Gasteiger partial charge >= 0.3 is 0 Å². The molecule has 0 bridgehead atoms. The van der Waals surface area contributed by atoms with E-state index in [0.717, 1.165) is 0 Å². The van der Waals surface area contributed by atoms with Crippen molar-refractivity contribution in [2.45, 2.75) is 6.92 Å². The van der Waals surface area contributed by atoms with Gasteiger partial charge in [-0.3, -0.25) is 14.3 Å². The van der Waals surface area contributed by atoms with Gasteiger partial charge in [0.15, 0.2) is 11.5 Å². The van der Waals surface area contributed by atoms with E-state index in [2.05, 4.69) is 20.5 Å². The predicted octanol–water partition coefficient (Wildman–Crippen LogP) is 2.25. The van der Waals surface area contributed by atoms with Gasteiger partial charge in [-0.25, -0.2) is 9.50 Å². The zero-order chi connectivity index (χ0) is 26.2. The Morgan fingerprint density at radius 3 is 2.86 bits per heavy atom. The fourth-order valence-corrected chi connectivity index (χ4v) is 3.89. The summed E-state index contributed by atoms with van der Waals surface area (Å²) in [6.45, 7) is 1.34. The van der Waals surface area contributed by atoms with Gasteiger partial charge in [0.25, 0.3) is 11.8 Å². The molecule has 5 rings (SSSR count). The number of aromatic nitrogens is 5. The largest absolute Gasteiger partial charge is 0.494 e. The molecule has 1 aliphatic heterocycles. The number of aryl methyl sites for hydroxylation is 1. The molecule has 1 aliphatic rings. The minimum atomic E-state index is -1.82. The average molecular weight is 480 g/mol. The number of pyridine rings is 1. The molecule has 180 valence electrons. The fraction of sp³-hybridized carbons (Fsp3) is 0.292. The summed E-state index contributed by atoms with van der Waals surface area (Å²) in [4.78, 5) is 32.3. The summed E-state index contributed by atoms with van der Waals surface area (Å²) < 4.78 is 28.8. The number of hydrogen-bond donors (Lipinski definition) is 1. The van der Waals surface area contributed by atoms with Crippen molar-refractivity contribution >= 4 is 23.1 Å². The summed E-state index contributed by atoms with van der Waals surface area (Å²) in [6, 6.07) is 10.2. The molecule has 0 spiro atoms. The number of morpholine rings is 1. The molecule has 2 amide bonds. The number of anilines is 1. The quantitative estimate of drug-likeness (QED) is 0.451. The van der Waals surface area contributed by atoms with Crippen LogP contribution in [0.4, 0.5) is 5.69 Å². The van der Waals surface area contributed by atoms with Gasteiger partial charge in [-0.2, -0.15) is 5.10 Å². The van der Waals surface area contributed by atoms with Crippen molar-refractivity contribution in [3.63, 3.8) is 0 Å². The SMILES string of the molecule is [3H]C([3H])(C)Oc1cccc(-c2nc3cc(NC(=O)c4c(C(=O)N5CCOCC5)cnn4C)ccn3n2)c1. The number of carbonyl (C=O) groups is 2. The molecular weight excluding hydrogens is 450 g/mol. The number of rotatable bonds is 6. The van der Waals surface area contributed by atoms with E-state index >= 15 is 0 Å². The highest BCUT2D eigenvalue weighted by molar-refractivity contribution is 6.11. The summed E-state index contributed by atoms with van der Waals surface area (Å²) in [7, 11) is 1.61. The van der Waals surface area contributed by atoms with Gasteiger partial charge < -0.3 is 19.7 Å². The number of carbonyl (C=O) groups excluding carboxylic acids is 2. The molecule has 0 unspecified atom stereocenters. The summed E-state index contributed by atoms with van der Waals surface area (Å²) >= 11 is 0. The number of nitrogens with one attached hydrogen (secondary N) is 1. The van der Waals surface area contributed by atoms with Crippen molar-refractivity contribution in [3.05, 3.63) is 60.0 Å². The highest BCUT2D eigenvalue weighted by atomic mass is 16.5. The van der Waals surface area contributed by atoms with Crippen LogP contribution in [0.15, 0.2) is 48.8 Å². The monoisotopic (exact) mass is 479 g/mol. The van der Waals surface area contributed by atoms with Crippen LogP contribution in [0.1, 0.15) is 30.5 Å². The maximum atomic E-state index is 13.2. The van der Waals surface area contributed by atoms with Crippen molar-refractivity contribution in [1.82, 2.24) is 29.3 Å². The molecule has 3 aromatic heterocycles. The van der Waals surface area contributed by atoms with E-state index in [4.69, 9.17) is 12.2 Å². The third kappa shape index (κ3) is 4.58. The number of benzene rings is 1. The Labute approximate surface area is 204 Å². The van der Waals surface area contributed by atoms with Crippen molar-refractivity contribution < 1.29 is 21.8 Å². The van der Waals surface area contributed by atoms with Gasteiger partial charge in [0.05, 0.1) is 34.3 Å². The molecule has 0 saturated carbocycles. The summed E-state index contributed by atoms with van der Waals surface area (Å²) in [5.41, 5.74) is 1.99. The van der Waals surface area contributed by atoms with Crippen molar-refractivity contribution in [3.8, 4) is 17.1 Å². The van der Waals surface area contributed by atoms with Crippen LogP contribution in [0.5, 0.6) is 5.75 Å². The van der Waals surface area contributed by atoms with Gasteiger partial charge in [0, 0.05) is 43.7 Å². The zero-order valence-electron chi connectivity index (χ0n) is 21.3. The lowest BCUT2D eigenvalue weighted by Gasteiger charge is -2.26. The molecule has 11 heteroatoms. The third-order valence-corrected chi connectivity index (χ3v) is 5.59. The predicted molar refractivity (Wildman–Crippen MR) is 127 cm³/mol. The second-order valence-corrected chi connectivity index (χ2v) is 7.88. The molecule has 4 heterocycles. The van der Waals surface area contributed by atoms with E-state index in [1.165, 1.54) is 17.8 Å². The van der Waals surface area contributed by atoms with Crippen LogP contribution in [0.25, 0.3) is 17.0 Å². The molecular formula is C24H25N7O4. The Balaban J connectivity index is 1.37. The van der Waals surface area contributed by atoms with E-state index in [0.29, 0.717) is 54.8 Å². The van der Waals surface area contributed by atoms with E-state index < -0.39 is 12.5 Å². The van der Waals surface area contributed by atoms with Crippen LogP contribution in [-0.2, 0) is 11.8 Å². The first-order chi connectivity index (χ1) is 17.7. The first kappa shape index (κ1) is 20.2. The van der Waals surface area contributed by atoms with Crippen molar-refractivity contribution in [1.29, 1.82) is 0 Å². The zero-order valence-corrected chi connectivity index (χ0v) is 19.3. The topological polar surface area (TPSA) is 116 Å². The van der Waals surface area contributed by atoms with E-state index in [1.54, 1.807) is 59.1 Å². The Hall–Kier alpha value is -4.25. The molecule has 1 saturated heterocycles. The van der Waals surface area contributed by atoms with Crippen LogP contribution in [-0.4, -0.2) is 74.0 Å². The normalized spacial score (nSPS) is 15.0. The third-order valence-electron chi connectivity index (χ3n) is 5.59. The molecule has 1 N–H and O–H groups in total. The first-order valence-electron chi connectivity index (χ1n) is 12.0. The minimum Gasteiger partial charge on any atom is -0.494 e. The average Bonchev–Trinajstić information content (AvgIpc) is 3.46. The van der Waals surface area contributed by atoms with Crippen LogP contribution in [0.3, 0.4) is 0 Å². The first-order valence-corrected chi connectivity index (χ1v) is 11.0. The number of fused-ring (bicyclic) bond motifs is 1. The fourth-order valence-electron chi connectivity index (χ4n) is 3.89. The second kappa shape index (κ2) is 9.55. The van der Waals surface area contributed by atoms with Gasteiger partial charge in [0.1, 0.15) is 11.4 Å². The number of nitrogens with zero attached hydrogens (tertiary/aromatic N) is 6. The number of hydrogen-bond acceptors (Lipinski definition) is 7.